The van der Waals surface area contributed by atoms with Crippen molar-refractivity contribution in [1.82, 2.24) is 0 Å². The van der Waals surface area contributed by atoms with E-state index in [1.54, 1.807) is 6.07 Å². The summed E-state index contributed by atoms with van der Waals surface area (Å²) in [5.41, 5.74) is -0.128. The average Bonchev–Trinajstić information content (AvgIpc) is 2.37. The van der Waals surface area contributed by atoms with Crippen LogP contribution in [-0.2, 0) is 0 Å². The molecule has 2 nitrogen and oxygen atoms in total. The number of ether oxygens (including phenoxy) is 1. The molecule has 0 fully saturated rings. The van der Waals surface area contributed by atoms with Crippen LogP contribution in [0, 0.1) is 23.0 Å². The Kier molecular flexibility index (Phi) is 3.89. The Labute approximate surface area is 117 Å². The van der Waals surface area contributed by atoms with E-state index in [2.05, 4.69) is 0 Å². The van der Waals surface area contributed by atoms with Crippen molar-refractivity contribution in [3.8, 4) is 17.6 Å². The maximum atomic E-state index is 13.6. The van der Waals surface area contributed by atoms with E-state index < -0.39 is 17.4 Å². The number of nitriles is 1. The number of nitrogens with zero attached hydrogens (tertiary/aromatic N) is 1. The minimum Gasteiger partial charge on any atom is -0.451 e. The van der Waals surface area contributed by atoms with Gasteiger partial charge in [0.25, 0.3) is 0 Å². The van der Waals surface area contributed by atoms with E-state index in [0.717, 1.165) is 12.1 Å². The van der Waals surface area contributed by atoms with Crippen molar-refractivity contribution in [1.29, 1.82) is 5.26 Å². The zero-order valence-electron chi connectivity index (χ0n) is 9.25. The standard InChI is InChI=1S/C13H5Cl2F2NO/c14-9-2-1-8(5-10(9)15)19-13-11(16)3-7(6-18)4-12(13)17/h1-5H. The average molecular weight is 300 g/mol. The SMILES string of the molecule is N#Cc1cc(F)c(Oc2ccc(Cl)c(Cl)c2)c(F)c1. The maximum absolute atomic E-state index is 13.6. The summed E-state index contributed by atoms with van der Waals surface area (Å²) in [4.78, 5) is 0. The first-order chi connectivity index (χ1) is 9.01. The quantitative estimate of drug-likeness (QED) is 0.787. The van der Waals surface area contributed by atoms with E-state index in [1.165, 1.54) is 18.2 Å². The van der Waals surface area contributed by atoms with Crippen molar-refractivity contribution in [3.05, 3.63) is 57.6 Å². The van der Waals surface area contributed by atoms with Crippen molar-refractivity contribution in [2.45, 2.75) is 0 Å². The molecule has 0 saturated heterocycles. The Bertz CT molecular complexity index is 660. The molecule has 0 aliphatic rings. The normalized spacial score (nSPS) is 10.1. The first-order valence-electron chi connectivity index (χ1n) is 5.03. The van der Waals surface area contributed by atoms with Crippen LogP contribution in [0.2, 0.25) is 10.0 Å². The molecular weight excluding hydrogens is 295 g/mol. The van der Waals surface area contributed by atoms with Crippen LogP contribution in [-0.4, -0.2) is 0 Å². The summed E-state index contributed by atoms with van der Waals surface area (Å²) in [6, 6.07) is 7.61. The van der Waals surface area contributed by atoms with Gasteiger partial charge in [-0.15, -0.1) is 0 Å². The van der Waals surface area contributed by atoms with Gasteiger partial charge in [-0.05, 0) is 24.3 Å². The van der Waals surface area contributed by atoms with Crippen molar-refractivity contribution in [3.63, 3.8) is 0 Å². The minimum atomic E-state index is -0.970. The predicted octanol–water partition coefficient (Wildman–Crippen LogP) is 4.94. The Balaban J connectivity index is 2.38. The van der Waals surface area contributed by atoms with Crippen molar-refractivity contribution < 1.29 is 13.5 Å². The van der Waals surface area contributed by atoms with Gasteiger partial charge < -0.3 is 4.74 Å². The molecule has 0 aliphatic heterocycles. The number of hydrogen-bond acceptors (Lipinski definition) is 2. The maximum Gasteiger partial charge on any atom is 0.198 e. The highest BCUT2D eigenvalue weighted by Gasteiger charge is 2.14. The van der Waals surface area contributed by atoms with Crippen LogP contribution in [0.25, 0.3) is 0 Å². The molecule has 0 radical (unpaired) electrons. The fraction of sp³-hybridized carbons (Fsp3) is 0. The van der Waals surface area contributed by atoms with E-state index in [9.17, 15) is 8.78 Å². The van der Waals surface area contributed by atoms with E-state index in [-0.39, 0.29) is 16.3 Å². The fourth-order valence-corrected chi connectivity index (χ4v) is 1.67. The van der Waals surface area contributed by atoms with Gasteiger partial charge in [0.15, 0.2) is 17.4 Å². The highest BCUT2D eigenvalue weighted by Crippen LogP contribution is 2.32. The molecule has 6 heteroatoms. The van der Waals surface area contributed by atoms with Crippen LogP contribution in [0.3, 0.4) is 0 Å². The molecule has 19 heavy (non-hydrogen) atoms. The van der Waals surface area contributed by atoms with Gasteiger partial charge in [-0.1, -0.05) is 23.2 Å². The number of benzene rings is 2. The smallest absolute Gasteiger partial charge is 0.198 e. The summed E-state index contributed by atoms with van der Waals surface area (Å²) >= 11 is 11.5. The molecule has 0 amide bonds. The molecule has 0 unspecified atom stereocenters. The third kappa shape index (κ3) is 2.95. The van der Waals surface area contributed by atoms with Crippen molar-refractivity contribution in [2.24, 2.45) is 0 Å². The summed E-state index contributed by atoms with van der Waals surface area (Å²) in [7, 11) is 0. The van der Waals surface area contributed by atoms with Crippen LogP contribution >= 0.6 is 23.2 Å². The lowest BCUT2D eigenvalue weighted by Gasteiger charge is -2.08. The van der Waals surface area contributed by atoms with Gasteiger partial charge in [0.05, 0.1) is 21.7 Å². The van der Waals surface area contributed by atoms with Gasteiger partial charge in [-0.3, -0.25) is 0 Å². The largest absolute Gasteiger partial charge is 0.451 e. The monoisotopic (exact) mass is 299 g/mol. The Hall–Kier alpha value is -1.83. The Morgan fingerprint density at radius 2 is 1.63 bits per heavy atom. The molecule has 0 heterocycles. The van der Waals surface area contributed by atoms with Crippen molar-refractivity contribution in [2.75, 3.05) is 0 Å². The zero-order valence-corrected chi connectivity index (χ0v) is 10.8. The molecule has 0 spiro atoms. The molecule has 0 aliphatic carbocycles. The second kappa shape index (κ2) is 5.43. The Morgan fingerprint density at radius 3 is 2.16 bits per heavy atom. The van der Waals surface area contributed by atoms with Crippen molar-refractivity contribution >= 4 is 23.2 Å². The van der Waals surface area contributed by atoms with E-state index in [0.29, 0.717) is 5.02 Å². The molecule has 0 N–H and O–H groups in total. The van der Waals surface area contributed by atoms with Gasteiger partial charge in [0.1, 0.15) is 5.75 Å². The fourth-order valence-electron chi connectivity index (χ4n) is 1.38. The molecule has 2 aromatic carbocycles. The highest BCUT2D eigenvalue weighted by molar-refractivity contribution is 6.42. The van der Waals surface area contributed by atoms with Crippen LogP contribution in [0.1, 0.15) is 5.56 Å². The molecule has 2 aromatic rings. The molecule has 0 bridgehead atoms. The van der Waals surface area contributed by atoms with Gasteiger partial charge in [-0.2, -0.15) is 5.26 Å². The summed E-state index contributed by atoms with van der Waals surface area (Å²) in [6.07, 6.45) is 0. The van der Waals surface area contributed by atoms with Gasteiger partial charge in [0.2, 0.25) is 0 Å². The van der Waals surface area contributed by atoms with Gasteiger partial charge in [0, 0.05) is 6.07 Å². The molecule has 0 aromatic heterocycles. The van der Waals surface area contributed by atoms with Crippen LogP contribution in [0.5, 0.6) is 11.5 Å². The second-order valence-electron chi connectivity index (χ2n) is 3.56. The van der Waals surface area contributed by atoms with Crippen LogP contribution in [0.4, 0.5) is 8.78 Å². The highest BCUT2D eigenvalue weighted by atomic mass is 35.5. The number of hydrogen-bond donors (Lipinski definition) is 0. The van der Waals surface area contributed by atoms with Gasteiger partial charge >= 0.3 is 0 Å². The topological polar surface area (TPSA) is 33.0 Å². The molecule has 0 saturated carbocycles. The van der Waals surface area contributed by atoms with Crippen LogP contribution in [0.15, 0.2) is 30.3 Å². The molecule has 96 valence electrons. The molecular formula is C13H5Cl2F2NO. The third-order valence-electron chi connectivity index (χ3n) is 2.24. The van der Waals surface area contributed by atoms with E-state index in [4.69, 9.17) is 33.2 Å². The summed E-state index contributed by atoms with van der Waals surface area (Å²) in [6.45, 7) is 0. The lowest BCUT2D eigenvalue weighted by molar-refractivity contribution is 0.407. The first kappa shape index (κ1) is 13.6. The molecule has 2 rings (SSSR count). The first-order valence-corrected chi connectivity index (χ1v) is 5.79. The third-order valence-corrected chi connectivity index (χ3v) is 2.98. The summed E-state index contributed by atoms with van der Waals surface area (Å²) in [5, 5.41) is 9.08. The van der Waals surface area contributed by atoms with Gasteiger partial charge in [-0.25, -0.2) is 8.78 Å². The van der Waals surface area contributed by atoms with E-state index in [1.807, 2.05) is 0 Å². The summed E-state index contributed by atoms with van der Waals surface area (Å²) < 4.78 is 32.2. The zero-order chi connectivity index (χ0) is 14.0. The minimum absolute atomic E-state index is 0.128. The van der Waals surface area contributed by atoms with E-state index >= 15 is 0 Å². The Morgan fingerprint density at radius 1 is 1.00 bits per heavy atom. The number of rotatable bonds is 2. The predicted molar refractivity (Wildman–Crippen MR) is 67.6 cm³/mol. The lowest BCUT2D eigenvalue weighted by atomic mass is 10.2. The summed E-state index contributed by atoms with van der Waals surface area (Å²) in [5.74, 6) is -2.40. The molecule has 0 atom stereocenters. The number of halogens is 4. The second-order valence-corrected chi connectivity index (χ2v) is 4.37. The van der Waals surface area contributed by atoms with Crippen LogP contribution < -0.4 is 4.74 Å². The lowest BCUT2D eigenvalue weighted by Crippen LogP contribution is -1.94.